The summed E-state index contributed by atoms with van der Waals surface area (Å²) in [5.74, 6) is 0.0588. The van der Waals surface area contributed by atoms with Crippen molar-refractivity contribution in [3.63, 3.8) is 0 Å². The van der Waals surface area contributed by atoms with E-state index in [1.165, 1.54) is 0 Å². The van der Waals surface area contributed by atoms with E-state index >= 15 is 0 Å². The average Bonchev–Trinajstić information content (AvgIpc) is 2.84. The van der Waals surface area contributed by atoms with Crippen LogP contribution in [-0.4, -0.2) is 47.9 Å². The van der Waals surface area contributed by atoms with Gasteiger partial charge in [-0.25, -0.2) is 9.59 Å². The van der Waals surface area contributed by atoms with E-state index in [-0.39, 0.29) is 30.6 Å². The van der Waals surface area contributed by atoms with Crippen LogP contribution in [0.2, 0.25) is 0 Å². The highest BCUT2D eigenvalue weighted by molar-refractivity contribution is 5.99. The molecule has 35 heavy (non-hydrogen) atoms. The summed E-state index contributed by atoms with van der Waals surface area (Å²) in [4.78, 5) is 37.7. The van der Waals surface area contributed by atoms with Crippen molar-refractivity contribution >= 4 is 29.5 Å². The van der Waals surface area contributed by atoms with E-state index < -0.39 is 5.97 Å². The van der Waals surface area contributed by atoms with Crippen molar-refractivity contribution in [2.45, 2.75) is 51.2 Å². The van der Waals surface area contributed by atoms with E-state index in [2.05, 4.69) is 10.6 Å². The van der Waals surface area contributed by atoms with Crippen molar-refractivity contribution in [2.24, 2.45) is 5.92 Å². The second kappa shape index (κ2) is 11.1. The number of fused-ring (bicyclic) bond motifs is 1. The van der Waals surface area contributed by atoms with E-state index in [1.807, 2.05) is 18.2 Å². The summed E-state index contributed by atoms with van der Waals surface area (Å²) in [5.41, 5.74) is 3.42. The quantitative estimate of drug-likeness (QED) is 0.542. The van der Waals surface area contributed by atoms with Gasteiger partial charge in [0, 0.05) is 37.0 Å². The van der Waals surface area contributed by atoms with Gasteiger partial charge >= 0.3 is 18.1 Å². The van der Waals surface area contributed by atoms with Crippen molar-refractivity contribution in [1.82, 2.24) is 4.90 Å². The Kier molecular flexibility index (Phi) is 7.74. The molecule has 186 valence electrons. The summed E-state index contributed by atoms with van der Waals surface area (Å²) >= 11 is 0. The van der Waals surface area contributed by atoms with Gasteiger partial charge in [-0.15, -0.1) is 0 Å². The van der Waals surface area contributed by atoms with Gasteiger partial charge in [0.1, 0.15) is 11.9 Å². The zero-order valence-corrected chi connectivity index (χ0v) is 19.8. The third kappa shape index (κ3) is 6.65. The summed E-state index contributed by atoms with van der Waals surface area (Å²) in [6.45, 7) is 0.998. The van der Waals surface area contributed by atoms with Crippen LogP contribution in [-0.2, 0) is 22.5 Å². The summed E-state index contributed by atoms with van der Waals surface area (Å²) in [6, 6.07) is 12.5. The van der Waals surface area contributed by atoms with Gasteiger partial charge < -0.3 is 30.1 Å². The predicted octanol–water partition coefficient (Wildman–Crippen LogP) is 4.87. The molecule has 0 atom stereocenters. The Morgan fingerprint density at radius 3 is 2.46 bits per heavy atom. The van der Waals surface area contributed by atoms with Crippen LogP contribution >= 0.6 is 0 Å². The minimum atomic E-state index is -0.770. The SMILES string of the molecule is COc1cccc(NC(=O)Nc2ccc3c(c2)CCN(C(=O)O[C@H]2CC[C@H](CC(=O)O)CC2)C3)c1. The van der Waals surface area contributed by atoms with E-state index in [1.54, 1.807) is 36.3 Å². The maximum atomic E-state index is 12.7. The monoisotopic (exact) mass is 481 g/mol. The molecule has 1 aliphatic heterocycles. The smallest absolute Gasteiger partial charge is 0.410 e. The normalized spacial score (nSPS) is 19.3. The molecule has 2 aliphatic rings. The molecule has 4 rings (SSSR count). The Labute approximate surface area is 204 Å². The van der Waals surface area contributed by atoms with Crippen LogP contribution in [0.15, 0.2) is 42.5 Å². The van der Waals surface area contributed by atoms with Gasteiger partial charge in [-0.3, -0.25) is 4.79 Å². The molecule has 0 aromatic heterocycles. The highest BCUT2D eigenvalue weighted by Gasteiger charge is 2.28. The molecule has 2 aromatic rings. The lowest BCUT2D eigenvalue weighted by Crippen LogP contribution is -2.39. The van der Waals surface area contributed by atoms with Crippen LogP contribution in [0.5, 0.6) is 5.75 Å². The van der Waals surface area contributed by atoms with E-state index in [9.17, 15) is 14.4 Å². The number of carboxylic acid groups (broad SMARTS) is 1. The molecular weight excluding hydrogens is 450 g/mol. The predicted molar refractivity (Wildman–Crippen MR) is 131 cm³/mol. The molecule has 9 heteroatoms. The van der Waals surface area contributed by atoms with Crippen molar-refractivity contribution in [1.29, 1.82) is 0 Å². The number of hydrogen-bond acceptors (Lipinski definition) is 5. The summed E-state index contributed by atoms with van der Waals surface area (Å²) in [7, 11) is 1.57. The minimum Gasteiger partial charge on any atom is -0.497 e. The molecule has 0 bridgehead atoms. The van der Waals surface area contributed by atoms with Crippen LogP contribution in [0.3, 0.4) is 0 Å². The van der Waals surface area contributed by atoms with Crippen molar-refractivity contribution < 1.29 is 29.0 Å². The Bertz CT molecular complexity index is 1080. The Morgan fingerprint density at radius 2 is 1.74 bits per heavy atom. The number of rotatable bonds is 6. The molecule has 1 aliphatic carbocycles. The largest absolute Gasteiger partial charge is 0.497 e. The van der Waals surface area contributed by atoms with Gasteiger partial charge in [-0.1, -0.05) is 12.1 Å². The number of carbonyl (C=O) groups is 3. The number of carboxylic acids is 1. The molecule has 0 saturated heterocycles. The molecule has 3 amide bonds. The van der Waals surface area contributed by atoms with Gasteiger partial charge in [0.05, 0.1) is 7.11 Å². The fourth-order valence-electron chi connectivity index (χ4n) is 4.70. The Hall–Kier alpha value is -3.75. The Morgan fingerprint density at radius 1 is 1.00 bits per heavy atom. The molecule has 1 fully saturated rings. The summed E-state index contributed by atoms with van der Waals surface area (Å²) in [5, 5.41) is 14.6. The van der Waals surface area contributed by atoms with Crippen LogP contribution in [0.4, 0.5) is 21.0 Å². The minimum absolute atomic E-state index is 0.149. The number of carbonyl (C=O) groups excluding carboxylic acids is 2. The number of nitrogens with one attached hydrogen (secondary N) is 2. The molecule has 0 spiro atoms. The molecule has 9 nitrogen and oxygen atoms in total. The fraction of sp³-hybridized carbons (Fsp3) is 0.423. The Balaban J connectivity index is 1.27. The first kappa shape index (κ1) is 24.4. The molecule has 3 N–H and O–H groups in total. The lowest BCUT2D eigenvalue weighted by Gasteiger charge is -2.32. The number of nitrogens with zero attached hydrogens (tertiary/aromatic N) is 1. The number of aliphatic carboxylic acids is 1. The van der Waals surface area contributed by atoms with Gasteiger partial charge in [-0.05, 0) is 73.4 Å². The van der Waals surface area contributed by atoms with Gasteiger partial charge in [-0.2, -0.15) is 0 Å². The number of amides is 3. The third-order valence-corrected chi connectivity index (χ3v) is 6.59. The first-order chi connectivity index (χ1) is 16.9. The van der Waals surface area contributed by atoms with Gasteiger partial charge in [0.15, 0.2) is 0 Å². The molecule has 2 aromatic carbocycles. The fourth-order valence-corrected chi connectivity index (χ4v) is 4.70. The number of hydrogen-bond donors (Lipinski definition) is 3. The number of anilines is 2. The van der Waals surface area contributed by atoms with Crippen LogP contribution < -0.4 is 15.4 Å². The lowest BCUT2D eigenvalue weighted by molar-refractivity contribution is -0.138. The highest BCUT2D eigenvalue weighted by Crippen LogP contribution is 2.30. The number of urea groups is 1. The van der Waals surface area contributed by atoms with Gasteiger partial charge in [0.25, 0.3) is 0 Å². The van der Waals surface area contributed by atoms with Crippen molar-refractivity contribution in [3.8, 4) is 5.75 Å². The molecule has 0 unspecified atom stereocenters. The molecular formula is C26H31N3O6. The first-order valence-electron chi connectivity index (χ1n) is 11.9. The van der Waals surface area contributed by atoms with Crippen LogP contribution in [0.1, 0.15) is 43.2 Å². The zero-order valence-electron chi connectivity index (χ0n) is 19.8. The van der Waals surface area contributed by atoms with Crippen molar-refractivity contribution in [3.05, 3.63) is 53.6 Å². The van der Waals surface area contributed by atoms with Gasteiger partial charge in [0.2, 0.25) is 0 Å². The molecule has 0 radical (unpaired) electrons. The average molecular weight is 482 g/mol. The van der Waals surface area contributed by atoms with Crippen LogP contribution in [0, 0.1) is 5.92 Å². The van der Waals surface area contributed by atoms with Crippen LogP contribution in [0.25, 0.3) is 0 Å². The second-order valence-electron chi connectivity index (χ2n) is 9.09. The first-order valence-corrected chi connectivity index (χ1v) is 11.9. The van der Waals surface area contributed by atoms with E-state index in [4.69, 9.17) is 14.6 Å². The molecule has 1 heterocycles. The second-order valence-corrected chi connectivity index (χ2v) is 9.09. The highest BCUT2D eigenvalue weighted by atomic mass is 16.6. The lowest BCUT2D eigenvalue weighted by atomic mass is 9.85. The maximum Gasteiger partial charge on any atom is 0.410 e. The standard InChI is InChI=1S/C26H31N3O6/c1-34-23-4-2-3-20(15-23)27-25(32)28-21-8-7-19-16-29(12-11-18(19)14-21)26(33)35-22-9-5-17(6-10-22)13-24(30)31/h2-4,7-8,14-15,17,22H,5-6,9-13,16H2,1H3,(H,30,31)(H2,27,28,32)/t17-,22-. The zero-order chi connectivity index (χ0) is 24.8. The van der Waals surface area contributed by atoms with E-state index in [0.717, 1.165) is 24.0 Å². The van der Waals surface area contributed by atoms with E-state index in [0.29, 0.717) is 49.5 Å². The molecule has 1 saturated carbocycles. The topological polar surface area (TPSA) is 117 Å². The summed E-state index contributed by atoms with van der Waals surface area (Å²) < 4.78 is 10.9. The third-order valence-electron chi connectivity index (χ3n) is 6.59. The van der Waals surface area contributed by atoms with Crippen molar-refractivity contribution in [2.75, 3.05) is 24.3 Å². The number of ether oxygens (including phenoxy) is 2. The summed E-state index contributed by atoms with van der Waals surface area (Å²) in [6.07, 6.45) is 3.34. The number of methoxy groups -OCH3 is 1. The number of benzene rings is 2. The maximum absolute atomic E-state index is 12.7.